The van der Waals surface area contributed by atoms with Gasteiger partial charge in [-0.2, -0.15) is 0 Å². The highest BCUT2D eigenvalue weighted by Crippen LogP contribution is 2.41. The third kappa shape index (κ3) is 1.55. The van der Waals surface area contributed by atoms with Crippen molar-refractivity contribution in [2.24, 2.45) is 0 Å². The smallest absolute Gasteiger partial charge is 0.0692 e. The minimum Gasteiger partial charge on any atom is -0.356 e. The molecule has 1 aliphatic rings. The van der Waals surface area contributed by atoms with Crippen molar-refractivity contribution >= 4 is 17.4 Å². The van der Waals surface area contributed by atoms with Crippen LogP contribution in [0.3, 0.4) is 0 Å². The van der Waals surface area contributed by atoms with Crippen molar-refractivity contribution in [3.8, 4) is 0 Å². The van der Waals surface area contributed by atoms with Crippen molar-refractivity contribution in [3.05, 3.63) is 24.3 Å². The zero-order chi connectivity index (χ0) is 9.47. The van der Waals surface area contributed by atoms with Crippen LogP contribution in [0.1, 0.15) is 20.8 Å². The molecule has 0 aromatic heterocycles. The second kappa shape index (κ2) is 2.95. The number of fused-ring (bicyclic) bond motifs is 1. The molecular weight excluding hydrogens is 178 g/mol. The molecule has 1 nitrogen and oxygen atoms in total. The van der Waals surface area contributed by atoms with E-state index in [0.29, 0.717) is 0 Å². The zero-order valence-electron chi connectivity index (χ0n) is 8.37. The van der Waals surface area contributed by atoms with Gasteiger partial charge in [-0.25, -0.2) is 0 Å². The minimum atomic E-state index is 0.236. The van der Waals surface area contributed by atoms with Gasteiger partial charge in [0.25, 0.3) is 0 Å². The van der Waals surface area contributed by atoms with E-state index >= 15 is 0 Å². The Morgan fingerprint density at radius 3 is 2.62 bits per heavy atom. The molecule has 0 saturated heterocycles. The number of rotatable bonds is 0. The van der Waals surface area contributed by atoms with E-state index in [9.17, 15) is 0 Å². The van der Waals surface area contributed by atoms with Crippen LogP contribution in [0.25, 0.3) is 0 Å². The number of para-hydroxylation sites is 1. The van der Waals surface area contributed by atoms with Gasteiger partial charge in [-0.1, -0.05) is 12.1 Å². The highest BCUT2D eigenvalue weighted by Gasteiger charge is 2.28. The van der Waals surface area contributed by atoms with E-state index in [4.69, 9.17) is 0 Å². The molecule has 2 rings (SSSR count). The summed E-state index contributed by atoms with van der Waals surface area (Å²) in [6, 6.07) is 8.63. The molecule has 0 aliphatic carbocycles. The van der Waals surface area contributed by atoms with Crippen molar-refractivity contribution < 1.29 is 0 Å². The van der Waals surface area contributed by atoms with E-state index in [0.717, 1.165) is 5.88 Å². The van der Waals surface area contributed by atoms with E-state index in [1.807, 2.05) is 11.8 Å². The average Bonchev–Trinajstić information content (AvgIpc) is 2.45. The Morgan fingerprint density at radius 1 is 1.23 bits per heavy atom. The molecule has 0 amide bonds. The highest BCUT2D eigenvalue weighted by atomic mass is 32.2. The lowest BCUT2D eigenvalue weighted by Gasteiger charge is -2.33. The van der Waals surface area contributed by atoms with Crippen LogP contribution >= 0.6 is 11.8 Å². The molecule has 0 unspecified atom stereocenters. The van der Waals surface area contributed by atoms with Gasteiger partial charge in [0.2, 0.25) is 0 Å². The Bertz CT molecular complexity index is 314. The number of thioether (sulfide) groups is 1. The van der Waals surface area contributed by atoms with Gasteiger partial charge in [0.15, 0.2) is 0 Å². The minimum absolute atomic E-state index is 0.236. The van der Waals surface area contributed by atoms with Crippen molar-refractivity contribution in [2.45, 2.75) is 31.2 Å². The molecule has 0 bridgehead atoms. The maximum absolute atomic E-state index is 2.45. The lowest BCUT2D eigenvalue weighted by molar-refractivity contribution is 0.534. The van der Waals surface area contributed by atoms with E-state index in [-0.39, 0.29) is 5.54 Å². The number of hydrogen-bond donors (Lipinski definition) is 0. The molecule has 0 atom stereocenters. The first-order chi connectivity index (χ1) is 6.09. The van der Waals surface area contributed by atoms with Crippen LogP contribution in [0.4, 0.5) is 5.69 Å². The molecule has 0 fully saturated rings. The van der Waals surface area contributed by atoms with Crippen molar-refractivity contribution in [2.75, 3.05) is 10.8 Å². The van der Waals surface area contributed by atoms with Crippen LogP contribution in [0.2, 0.25) is 0 Å². The van der Waals surface area contributed by atoms with E-state index in [1.54, 1.807) is 0 Å². The van der Waals surface area contributed by atoms with Gasteiger partial charge < -0.3 is 4.90 Å². The fourth-order valence-electron chi connectivity index (χ4n) is 1.56. The van der Waals surface area contributed by atoms with Crippen LogP contribution in [0, 0.1) is 0 Å². The summed E-state index contributed by atoms with van der Waals surface area (Å²) in [4.78, 5) is 3.87. The Labute approximate surface area is 84.1 Å². The monoisotopic (exact) mass is 193 g/mol. The quantitative estimate of drug-likeness (QED) is 0.621. The van der Waals surface area contributed by atoms with Crippen LogP contribution in [-0.2, 0) is 0 Å². The predicted molar refractivity (Wildman–Crippen MR) is 59.4 cm³/mol. The standard InChI is InChI=1S/C11H15NS/c1-11(2,3)12-8-13-10-7-5-4-6-9(10)12/h4-7H,8H2,1-3H3. The summed E-state index contributed by atoms with van der Waals surface area (Å²) in [5.41, 5.74) is 1.62. The maximum Gasteiger partial charge on any atom is 0.0692 e. The molecule has 1 heterocycles. The van der Waals surface area contributed by atoms with E-state index < -0.39 is 0 Å². The second-order valence-corrected chi connectivity index (χ2v) is 5.33. The van der Waals surface area contributed by atoms with Gasteiger partial charge in [0.05, 0.1) is 11.6 Å². The van der Waals surface area contributed by atoms with Gasteiger partial charge >= 0.3 is 0 Å². The number of benzene rings is 1. The van der Waals surface area contributed by atoms with Crippen LogP contribution in [0.5, 0.6) is 0 Å². The molecule has 0 N–H and O–H groups in total. The summed E-state index contributed by atoms with van der Waals surface area (Å²) in [5, 5.41) is 0. The van der Waals surface area contributed by atoms with Crippen LogP contribution < -0.4 is 4.90 Å². The Hall–Kier alpha value is -0.630. The molecular formula is C11H15NS. The Kier molecular flexibility index (Phi) is 2.03. The Balaban J connectivity index is 2.39. The highest BCUT2D eigenvalue weighted by molar-refractivity contribution is 7.99. The fourth-order valence-corrected chi connectivity index (χ4v) is 2.86. The Morgan fingerprint density at radius 2 is 1.92 bits per heavy atom. The van der Waals surface area contributed by atoms with E-state index in [2.05, 4.69) is 49.9 Å². The summed E-state index contributed by atoms with van der Waals surface area (Å²) in [6.45, 7) is 6.78. The molecule has 1 aromatic carbocycles. The first-order valence-electron chi connectivity index (χ1n) is 4.58. The SMILES string of the molecule is CC(C)(C)N1CSc2ccccc21. The molecule has 2 heteroatoms. The van der Waals surface area contributed by atoms with Gasteiger partial charge in [0, 0.05) is 10.4 Å². The van der Waals surface area contributed by atoms with E-state index in [1.165, 1.54) is 10.6 Å². The number of hydrogen-bond acceptors (Lipinski definition) is 2. The lowest BCUT2D eigenvalue weighted by Crippen LogP contribution is -2.39. The first kappa shape index (κ1) is 8.95. The predicted octanol–water partition coefficient (Wildman–Crippen LogP) is 3.35. The van der Waals surface area contributed by atoms with Crippen LogP contribution in [0.15, 0.2) is 29.2 Å². The molecule has 0 radical (unpaired) electrons. The summed E-state index contributed by atoms with van der Waals surface area (Å²) in [7, 11) is 0. The molecule has 70 valence electrons. The number of anilines is 1. The normalized spacial score (nSPS) is 16.1. The maximum atomic E-state index is 2.45. The van der Waals surface area contributed by atoms with Gasteiger partial charge in [0.1, 0.15) is 0 Å². The van der Waals surface area contributed by atoms with Gasteiger partial charge in [-0.05, 0) is 32.9 Å². The third-order valence-corrected chi connectivity index (χ3v) is 3.36. The summed E-state index contributed by atoms with van der Waals surface area (Å²) in [5.74, 6) is 1.09. The van der Waals surface area contributed by atoms with Crippen LogP contribution in [-0.4, -0.2) is 11.4 Å². The van der Waals surface area contributed by atoms with Crippen molar-refractivity contribution in [3.63, 3.8) is 0 Å². The molecule has 0 saturated carbocycles. The zero-order valence-corrected chi connectivity index (χ0v) is 9.19. The van der Waals surface area contributed by atoms with Crippen molar-refractivity contribution in [1.82, 2.24) is 0 Å². The largest absolute Gasteiger partial charge is 0.356 e. The molecule has 0 spiro atoms. The molecule has 1 aromatic rings. The fraction of sp³-hybridized carbons (Fsp3) is 0.455. The summed E-state index contributed by atoms with van der Waals surface area (Å²) in [6.07, 6.45) is 0. The molecule has 13 heavy (non-hydrogen) atoms. The summed E-state index contributed by atoms with van der Waals surface area (Å²) >= 11 is 1.93. The third-order valence-electron chi connectivity index (χ3n) is 2.31. The van der Waals surface area contributed by atoms with Gasteiger partial charge in [-0.15, -0.1) is 11.8 Å². The second-order valence-electron chi connectivity index (χ2n) is 4.34. The first-order valence-corrected chi connectivity index (χ1v) is 5.57. The van der Waals surface area contributed by atoms with Crippen molar-refractivity contribution in [1.29, 1.82) is 0 Å². The molecule has 1 aliphatic heterocycles. The summed E-state index contributed by atoms with van der Waals surface area (Å²) < 4.78 is 0. The topological polar surface area (TPSA) is 3.24 Å². The number of nitrogens with zero attached hydrogens (tertiary/aromatic N) is 1. The average molecular weight is 193 g/mol. The lowest BCUT2D eigenvalue weighted by atomic mass is 10.1. The van der Waals surface area contributed by atoms with Gasteiger partial charge in [-0.3, -0.25) is 0 Å².